The van der Waals surface area contributed by atoms with Gasteiger partial charge in [0.05, 0.1) is 27.1 Å². The highest BCUT2D eigenvalue weighted by molar-refractivity contribution is 6.32. The van der Waals surface area contributed by atoms with E-state index in [-0.39, 0.29) is 33.0 Å². The van der Waals surface area contributed by atoms with Crippen molar-refractivity contribution in [1.29, 1.82) is 0 Å². The number of nitro benzene ring substituents is 2. The average Bonchev–Trinajstić information content (AvgIpc) is 2.77. The number of hydrogen-bond donors (Lipinski definition) is 1. The minimum Gasteiger partial charge on any atom is -0.351 e. The van der Waals surface area contributed by atoms with E-state index in [0.717, 1.165) is 29.4 Å². The van der Waals surface area contributed by atoms with Crippen molar-refractivity contribution in [3.63, 3.8) is 0 Å². The second kappa shape index (κ2) is 10.8. The Kier molecular flexibility index (Phi) is 8.12. The molecule has 0 fully saturated rings. The van der Waals surface area contributed by atoms with E-state index < -0.39 is 27.9 Å². The van der Waals surface area contributed by atoms with Gasteiger partial charge in [0.25, 0.3) is 16.9 Å². The van der Waals surface area contributed by atoms with Crippen LogP contribution >= 0.6 is 11.6 Å². The van der Waals surface area contributed by atoms with Crippen molar-refractivity contribution in [2.75, 3.05) is 19.4 Å². The summed E-state index contributed by atoms with van der Waals surface area (Å²) in [5, 5.41) is 24.2. The number of fused-ring (bicyclic) bond motifs is 1. The van der Waals surface area contributed by atoms with Crippen molar-refractivity contribution in [2.45, 2.75) is 6.54 Å². The normalized spacial score (nSPS) is 10.0. The fraction of sp³-hybridized carbons (Fsp3) is 0.158. The fourth-order valence-electron chi connectivity index (χ4n) is 2.46. The predicted octanol–water partition coefficient (Wildman–Crippen LogP) is 2.21. The summed E-state index contributed by atoms with van der Waals surface area (Å²) in [5.74, 6) is -0.623. The zero-order valence-corrected chi connectivity index (χ0v) is 18.1. The molecule has 0 aliphatic rings. The minimum absolute atomic E-state index is 0.0768. The molecule has 0 bridgehead atoms. The molecule has 13 nitrogen and oxygen atoms in total. The van der Waals surface area contributed by atoms with Crippen LogP contribution in [0, 0.1) is 20.2 Å². The van der Waals surface area contributed by atoms with E-state index in [1.807, 2.05) is 0 Å². The topological polar surface area (TPSA) is 171 Å². The highest BCUT2D eigenvalue weighted by Gasteiger charge is 2.15. The van der Waals surface area contributed by atoms with E-state index >= 15 is 0 Å². The van der Waals surface area contributed by atoms with Gasteiger partial charge in [-0.2, -0.15) is 0 Å². The molecule has 0 saturated heterocycles. The molecule has 0 radical (unpaired) electrons. The third-order valence-corrected chi connectivity index (χ3v) is 4.29. The molecule has 1 N–H and O–H groups in total. The monoisotopic (exact) mass is 476 g/mol. The summed E-state index contributed by atoms with van der Waals surface area (Å²) >= 11 is 5.71. The van der Waals surface area contributed by atoms with Crippen LogP contribution in [0.2, 0.25) is 5.02 Å². The third kappa shape index (κ3) is 6.54. The second-order valence-corrected chi connectivity index (χ2v) is 7.08. The van der Waals surface area contributed by atoms with Gasteiger partial charge in [0, 0.05) is 38.0 Å². The molecular formula is C19H17ClN6O7. The number of nitro groups is 2. The third-order valence-electron chi connectivity index (χ3n) is 3.97. The van der Waals surface area contributed by atoms with Crippen LogP contribution in [0.4, 0.5) is 17.1 Å². The van der Waals surface area contributed by atoms with Gasteiger partial charge in [-0.25, -0.2) is 4.98 Å². The minimum atomic E-state index is -0.686. The molecule has 172 valence electrons. The first kappa shape index (κ1) is 24.9. The van der Waals surface area contributed by atoms with Crippen LogP contribution in [0.25, 0.3) is 10.9 Å². The largest absolute Gasteiger partial charge is 0.351 e. The van der Waals surface area contributed by atoms with Crippen molar-refractivity contribution in [2.24, 2.45) is 0 Å². The highest BCUT2D eigenvalue weighted by atomic mass is 35.5. The molecule has 33 heavy (non-hydrogen) atoms. The van der Waals surface area contributed by atoms with Crippen molar-refractivity contribution < 1.29 is 19.4 Å². The van der Waals surface area contributed by atoms with Crippen molar-refractivity contribution in [3.8, 4) is 0 Å². The summed E-state index contributed by atoms with van der Waals surface area (Å²) in [5.41, 5.74) is -0.871. The van der Waals surface area contributed by atoms with E-state index in [1.54, 1.807) is 14.1 Å². The highest BCUT2D eigenvalue weighted by Crippen LogP contribution is 2.27. The van der Waals surface area contributed by atoms with Crippen molar-refractivity contribution >= 4 is 51.9 Å². The van der Waals surface area contributed by atoms with Gasteiger partial charge in [-0.15, -0.1) is 0 Å². The van der Waals surface area contributed by atoms with Crippen molar-refractivity contribution in [1.82, 2.24) is 14.5 Å². The lowest BCUT2D eigenvalue weighted by Crippen LogP contribution is -2.27. The summed E-state index contributed by atoms with van der Waals surface area (Å²) in [7, 11) is 3.38. The standard InChI is InChI=1S/C16H10ClN5O6.C3H7NO/c17-12-4-1-9(5-14(12)22(27)28)19-15(23)7-20-8-18-13-6-10(21(25)26)2-3-11(13)16(20)24;1-4(2)3-5/h1-6,8H,7H2,(H,19,23);3H,1-2H3. The van der Waals surface area contributed by atoms with E-state index in [4.69, 9.17) is 11.6 Å². The van der Waals surface area contributed by atoms with Gasteiger partial charge in [-0.1, -0.05) is 11.6 Å². The lowest BCUT2D eigenvalue weighted by molar-refractivity contribution is -0.384. The van der Waals surface area contributed by atoms with E-state index in [2.05, 4.69) is 10.3 Å². The maximum atomic E-state index is 12.5. The summed E-state index contributed by atoms with van der Waals surface area (Å²) < 4.78 is 1.02. The Balaban J connectivity index is 0.000000696. The molecule has 0 unspecified atom stereocenters. The van der Waals surface area contributed by atoms with Gasteiger partial charge < -0.3 is 10.2 Å². The van der Waals surface area contributed by atoms with Gasteiger partial charge in [-0.05, 0) is 18.2 Å². The number of carbonyl (C=O) groups is 2. The predicted molar refractivity (Wildman–Crippen MR) is 119 cm³/mol. The number of amides is 2. The average molecular weight is 477 g/mol. The molecule has 0 aliphatic carbocycles. The molecular weight excluding hydrogens is 460 g/mol. The molecule has 14 heteroatoms. The number of rotatable bonds is 6. The molecule has 2 aromatic carbocycles. The van der Waals surface area contributed by atoms with Crippen LogP contribution in [0.3, 0.4) is 0 Å². The van der Waals surface area contributed by atoms with Gasteiger partial charge >= 0.3 is 0 Å². The zero-order chi connectivity index (χ0) is 24.7. The molecule has 1 heterocycles. The maximum absolute atomic E-state index is 12.5. The van der Waals surface area contributed by atoms with E-state index in [1.165, 1.54) is 29.2 Å². The summed E-state index contributed by atoms with van der Waals surface area (Å²) in [6.45, 7) is -0.408. The second-order valence-electron chi connectivity index (χ2n) is 6.68. The van der Waals surface area contributed by atoms with Crippen LogP contribution in [0.5, 0.6) is 0 Å². The van der Waals surface area contributed by atoms with E-state index in [9.17, 15) is 34.6 Å². The molecule has 1 aromatic heterocycles. The summed E-state index contributed by atoms with van der Waals surface area (Å²) in [6.07, 6.45) is 1.85. The lowest BCUT2D eigenvalue weighted by atomic mass is 10.2. The fourth-order valence-corrected chi connectivity index (χ4v) is 2.65. The van der Waals surface area contributed by atoms with Gasteiger partial charge in [0.1, 0.15) is 11.6 Å². The number of nitrogens with zero attached hydrogens (tertiary/aromatic N) is 5. The number of hydrogen-bond acceptors (Lipinski definition) is 8. The van der Waals surface area contributed by atoms with Crippen LogP contribution in [-0.4, -0.2) is 50.7 Å². The van der Waals surface area contributed by atoms with Gasteiger partial charge in [0.2, 0.25) is 12.3 Å². The zero-order valence-electron chi connectivity index (χ0n) is 17.3. The molecule has 3 aromatic rings. The van der Waals surface area contributed by atoms with Crippen LogP contribution < -0.4 is 10.9 Å². The smallest absolute Gasteiger partial charge is 0.289 e. The first-order valence-electron chi connectivity index (χ1n) is 9.02. The molecule has 0 saturated carbocycles. The molecule has 3 rings (SSSR count). The number of carbonyl (C=O) groups excluding carboxylic acids is 2. The Bertz CT molecular complexity index is 1290. The summed E-state index contributed by atoms with van der Waals surface area (Å²) in [6, 6.07) is 7.34. The van der Waals surface area contributed by atoms with E-state index in [0.29, 0.717) is 0 Å². The Morgan fingerprint density at radius 1 is 1.18 bits per heavy atom. The Labute approximate surface area is 190 Å². The maximum Gasteiger partial charge on any atom is 0.289 e. The molecule has 2 amide bonds. The first-order chi connectivity index (χ1) is 15.5. The Morgan fingerprint density at radius 2 is 1.85 bits per heavy atom. The Morgan fingerprint density at radius 3 is 2.42 bits per heavy atom. The number of halogens is 1. The first-order valence-corrected chi connectivity index (χ1v) is 9.40. The molecule has 0 atom stereocenters. The molecule has 0 spiro atoms. The number of nitrogens with one attached hydrogen (secondary N) is 1. The van der Waals surface area contributed by atoms with Gasteiger partial charge in [-0.3, -0.25) is 39.2 Å². The van der Waals surface area contributed by atoms with Crippen molar-refractivity contribution in [3.05, 3.63) is 78.3 Å². The van der Waals surface area contributed by atoms with Crippen LogP contribution in [0.15, 0.2) is 47.5 Å². The SMILES string of the molecule is CN(C)C=O.O=C(Cn1cnc2cc([N+](=O)[O-])ccc2c1=O)Nc1ccc(Cl)c([N+](=O)[O-])c1. The number of benzene rings is 2. The van der Waals surface area contributed by atoms with Crippen LogP contribution in [-0.2, 0) is 16.1 Å². The number of non-ortho nitro benzene ring substituents is 1. The molecule has 0 aliphatic heterocycles. The quantitative estimate of drug-likeness (QED) is 0.320. The lowest BCUT2D eigenvalue weighted by Gasteiger charge is -2.08. The Hall–Kier alpha value is -4.39. The van der Waals surface area contributed by atoms with Gasteiger partial charge in [0.15, 0.2) is 0 Å². The number of aromatic nitrogens is 2. The van der Waals surface area contributed by atoms with Crippen LogP contribution in [0.1, 0.15) is 0 Å². The number of anilines is 1. The summed E-state index contributed by atoms with van der Waals surface area (Å²) in [4.78, 5) is 59.9.